The first-order valence-corrected chi connectivity index (χ1v) is 6.55. The number of rotatable bonds is 2. The highest BCUT2D eigenvalue weighted by molar-refractivity contribution is 9.10. The molecule has 0 aliphatic heterocycles. The van der Waals surface area contributed by atoms with E-state index in [4.69, 9.17) is 5.73 Å². The number of para-hydroxylation sites is 1. The summed E-state index contributed by atoms with van der Waals surface area (Å²) in [5, 5.41) is 11.6. The SMILES string of the molecule is Nc1cc(-c2nnnn2-c2ccccc2Br)ccc1F. The van der Waals surface area contributed by atoms with E-state index >= 15 is 0 Å². The van der Waals surface area contributed by atoms with Gasteiger partial charge in [-0.2, -0.15) is 4.68 Å². The van der Waals surface area contributed by atoms with E-state index in [1.807, 2.05) is 24.3 Å². The molecule has 0 fully saturated rings. The molecule has 0 aliphatic carbocycles. The maximum Gasteiger partial charge on any atom is 0.187 e. The van der Waals surface area contributed by atoms with Crippen molar-refractivity contribution >= 4 is 21.6 Å². The standard InChI is InChI=1S/C13H9BrFN5/c14-9-3-1-2-4-12(9)20-13(17-18-19-20)8-5-6-10(15)11(16)7-8/h1-7H,16H2. The smallest absolute Gasteiger partial charge is 0.187 e. The van der Waals surface area contributed by atoms with Crippen LogP contribution < -0.4 is 5.73 Å². The maximum absolute atomic E-state index is 13.2. The minimum absolute atomic E-state index is 0.0594. The molecule has 0 radical (unpaired) electrons. The summed E-state index contributed by atoms with van der Waals surface area (Å²) in [6, 6.07) is 11.9. The summed E-state index contributed by atoms with van der Waals surface area (Å²) < 4.78 is 15.7. The summed E-state index contributed by atoms with van der Waals surface area (Å²) >= 11 is 3.45. The lowest BCUT2D eigenvalue weighted by atomic mass is 10.2. The zero-order valence-electron chi connectivity index (χ0n) is 10.2. The van der Waals surface area contributed by atoms with E-state index in [0.29, 0.717) is 11.4 Å². The number of nitrogen functional groups attached to an aromatic ring is 1. The van der Waals surface area contributed by atoms with Crippen LogP contribution in [-0.4, -0.2) is 20.2 Å². The van der Waals surface area contributed by atoms with E-state index in [1.165, 1.54) is 12.1 Å². The molecule has 0 amide bonds. The Balaban J connectivity index is 2.15. The summed E-state index contributed by atoms with van der Waals surface area (Å²) in [4.78, 5) is 0. The van der Waals surface area contributed by atoms with E-state index in [9.17, 15) is 4.39 Å². The van der Waals surface area contributed by atoms with Gasteiger partial charge < -0.3 is 5.73 Å². The molecule has 0 atom stereocenters. The lowest BCUT2D eigenvalue weighted by molar-refractivity contribution is 0.632. The monoisotopic (exact) mass is 333 g/mol. The van der Waals surface area contributed by atoms with Gasteiger partial charge in [-0.15, -0.1) is 5.10 Å². The fourth-order valence-electron chi connectivity index (χ4n) is 1.84. The highest BCUT2D eigenvalue weighted by Crippen LogP contribution is 2.26. The first-order valence-electron chi connectivity index (χ1n) is 5.75. The Morgan fingerprint density at radius 1 is 1.15 bits per heavy atom. The summed E-state index contributed by atoms with van der Waals surface area (Å²) in [7, 11) is 0. The number of nitrogens with two attached hydrogens (primary N) is 1. The average Bonchev–Trinajstić information content (AvgIpc) is 2.91. The Kier molecular flexibility index (Phi) is 3.19. The van der Waals surface area contributed by atoms with Crippen LogP contribution in [0.2, 0.25) is 0 Å². The number of halogens is 2. The van der Waals surface area contributed by atoms with Gasteiger partial charge in [-0.05, 0) is 56.7 Å². The minimum atomic E-state index is -0.464. The predicted octanol–water partition coefficient (Wildman–Crippen LogP) is 2.81. The number of benzene rings is 2. The predicted molar refractivity (Wildman–Crippen MR) is 76.7 cm³/mol. The number of hydrogen-bond donors (Lipinski definition) is 1. The highest BCUT2D eigenvalue weighted by Gasteiger charge is 2.13. The van der Waals surface area contributed by atoms with Gasteiger partial charge in [0.05, 0.1) is 11.4 Å². The number of nitrogens with zero attached hydrogens (tertiary/aromatic N) is 4. The maximum atomic E-state index is 13.2. The molecule has 2 aromatic carbocycles. The van der Waals surface area contributed by atoms with Crippen LogP contribution in [0.3, 0.4) is 0 Å². The third-order valence-electron chi connectivity index (χ3n) is 2.80. The van der Waals surface area contributed by atoms with Gasteiger partial charge in [-0.25, -0.2) is 4.39 Å². The minimum Gasteiger partial charge on any atom is -0.396 e. The van der Waals surface area contributed by atoms with E-state index in [2.05, 4.69) is 31.5 Å². The number of anilines is 1. The van der Waals surface area contributed by atoms with Gasteiger partial charge in [0.1, 0.15) is 5.82 Å². The van der Waals surface area contributed by atoms with Crippen molar-refractivity contribution in [2.75, 3.05) is 5.73 Å². The van der Waals surface area contributed by atoms with Crippen molar-refractivity contribution in [3.8, 4) is 17.1 Å². The van der Waals surface area contributed by atoms with Gasteiger partial charge in [0.15, 0.2) is 5.82 Å². The fourth-order valence-corrected chi connectivity index (χ4v) is 2.29. The van der Waals surface area contributed by atoms with Crippen molar-refractivity contribution in [2.45, 2.75) is 0 Å². The van der Waals surface area contributed by atoms with Crippen molar-refractivity contribution in [2.24, 2.45) is 0 Å². The fraction of sp³-hybridized carbons (Fsp3) is 0. The third-order valence-corrected chi connectivity index (χ3v) is 3.47. The Hall–Kier alpha value is -2.28. The molecule has 0 bridgehead atoms. The average molecular weight is 334 g/mol. The van der Waals surface area contributed by atoms with Crippen molar-refractivity contribution in [1.29, 1.82) is 0 Å². The molecule has 1 aromatic heterocycles. The van der Waals surface area contributed by atoms with Crippen LogP contribution in [0.25, 0.3) is 17.1 Å². The van der Waals surface area contributed by atoms with E-state index < -0.39 is 5.82 Å². The molecule has 0 saturated carbocycles. The van der Waals surface area contributed by atoms with Gasteiger partial charge >= 0.3 is 0 Å². The Labute approximate surface area is 122 Å². The number of hydrogen-bond acceptors (Lipinski definition) is 4. The summed E-state index contributed by atoms with van der Waals surface area (Å²) in [5.41, 5.74) is 7.07. The van der Waals surface area contributed by atoms with Crippen LogP contribution in [0.5, 0.6) is 0 Å². The first kappa shape index (κ1) is 12.7. The molecule has 0 aliphatic rings. The Morgan fingerprint density at radius 2 is 1.95 bits per heavy atom. The topological polar surface area (TPSA) is 69.6 Å². The molecule has 0 unspecified atom stereocenters. The van der Waals surface area contributed by atoms with Gasteiger partial charge in [0.25, 0.3) is 0 Å². The van der Waals surface area contributed by atoms with Gasteiger partial charge in [-0.1, -0.05) is 12.1 Å². The zero-order chi connectivity index (χ0) is 14.1. The molecular formula is C13H9BrFN5. The van der Waals surface area contributed by atoms with Crippen molar-refractivity contribution in [3.63, 3.8) is 0 Å². The molecule has 20 heavy (non-hydrogen) atoms. The van der Waals surface area contributed by atoms with Crippen LogP contribution in [-0.2, 0) is 0 Å². The summed E-state index contributed by atoms with van der Waals surface area (Å²) in [6.45, 7) is 0. The Morgan fingerprint density at radius 3 is 2.70 bits per heavy atom. The molecule has 3 aromatic rings. The molecule has 3 rings (SSSR count). The van der Waals surface area contributed by atoms with Crippen LogP contribution in [0.15, 0.2) is 46.9 Å². The molecule has 5 nitrogen and oxygen atoms in total. The quantitative estimate of drug-likeness (QED) is 0.732. The van der Waals surface area contributed by atoms with Crippen molar-refractivity contribution < 1.29 is 4.39 Å². The second-order valence-corrected chi connectivity index (χ2v) is 4.96. The number of tetrazole rings is 1. The highest BCUT2D eigenvalue weighted by atomic mass is 79.9. The largest absolute Gasteiger partial charge is 0.396 e. The van der Waals surface area contributed by atoms with Gasteiger partial charge in [0, 0.05) is 10.0 Å². The molecule has 2 N–H and O–H groups in total. The molecule has 7 heteroatoms. The molecular weight excluding hydrogens is 325 g/mol. The van der Waals surface area contributed by atoms with Crippen LogP contribution in [0, 0.1) is 5.82 Å². The van der Waals surface area contributed by atoms with Crippen LogP contribution >= 0.6 is 15.9 Å². The van der Waals surface area contributed by atoms with Gasteiger partial charge in [-0.3, -0.25) is 0 Å². The first-order chi connectivity index (χ1) is 9.66. The zero-order valence-corrected chi connectivity index (χ0v) is 11.7. The second-order valence-electron chi connectivity index (χ2n) is 4.10. The normalized spacial score (nSPS) is 10.7. The Bertz CT molecular complexity index is 771. The van der Waals surface area contributed by atoms with E-state index in [0.717, 1.165) is 10.2 Å². The number of aromatic nitrogens is 4. The molecule has 0 saturated heterocycles. The lowest BCUT2D eigenvalue weighted by Crippen LogP contribution is -2.01. The van der Waals surface area contributed by atoms with Crippen molar-refractivity contribution in [1.82, 2.24) is 20.2 Å². The van der Waals surface area contributed by atoms with E-state index in [-0.39, 0.29) is 5.69 Å². The summed E-state index contributed by atoms with van der Waals surface area (Å²) in [5.74, 6) is 0.0252. The van der Waals surface area contributed by atoms with Crippen LogP contribution in [0.4, 0.5) is 10.1 Å². The molecule has 100 valence electrons. The van der Waals surface area contributed by atoms with E-state index in [1.54, 1.807) is 10.7 Å². The van der Waals surface area contributed by atoms with Gasteiger partial charge in [0.2, 0.25) is 0 Å². The molecule has 0 spiro atoms. The summed E-state index contributed by atoms with van der Waals surface area (Å²) in [6.07, 6.45) is 0. The third kappa shape index (κ3) is 2.16. The van der Waals surface area contributed by atoms with Crippen molar-refractivity contribution in [3.05, 3.63) is 52.8 Å². The molecule has 1 heterocycles. The van der Waals surface area contributed by atoms with Crippen LogP contribution in [0.1, 0.15) is 0 Å². The second kappa shape index (κ2) is 5.01. The lowest BCUT2D eigenvalue weighted by Gasteiger charge is -2.07.